The molecular formula is C28H34N6O. The van der Waals surface area contributed by atoms with E-state index >= 15 is 0 Å². The number of methoxy groups -OCH3 is 1. The molecule has 3 heterocycles. The van der Waals surface area contributed by atoms with Crippen molar-refractivity contribution < 1.29 is 4.74 Å². The van der Waals surface area contributed by atoms with Gasteiger partial charge in [0.2, 0.25) is 0 Å². The highest BCUT2D eigenvalue weighted by molar-refractivity contribution is 5.81. The zero-order valence-electron chi connectivity index (χ0n) is 20.4. The fourth-order valence-corrected chi connectivity index (χ4v) is 5.77. The van der Waals surface area contributed by atoms with E-state index in [2.05, 4.69) is 56.4 Å². The van der Waals surface area contributed by atoms with Gasteiger partial charge in [-0.15, -0.1) is 0 Å². The molecule has 2 aliphatic rings. The Morgan fingerprint density at radius 3 is 2.60 bits per heavy atom. The van der Waals surface area contributed by atoms with Crippen LogP contribution in [0.2, 0.25) is 0 Å². The van der Waals surface area contributed by atoms with Gasteiger partial charge in [0, 0.05) is 56.0 Å². The molecule has 1 saturated heterocycles. The predicted octanol–water partition coefficient (Wildman–Crippen LogP) is 4.41. The summed E-state index contributed by atoms with van der Waals surface area (Å²) in [6.07, 6.45) is 7.84. The van der Waals surface area contributed by atoms with Crippen LogP contribution in [0, 0.1) is 0 Å². The number of aromatic amines is 1. The second-order valence-corrected chi connectivity index (χ2v) is 9.83. The molecule has 0 atom stereocenters. The number of nitrogens with zero attached hydrogens (tertiary/aromatic N) is 4. The second kappa shape index (κ2) is 9.84. The first-order valence-corrected chi connectivity index (χ1v) is 12.9. The summed E-state index contributed by atoms with van der Waals surface area (Å²) in [5.74, 6) is 1.83. The van der Waals surface area contributed by atoms with Crippen molar-refractivity contribution >= 4 is 11.0 Å². The number of aromatic nitrogens is 4. The molecule has 0 amide bonds. The quantitative estimate of drug-likeness (QED) is 0.437. The molecular weight excluding hydrogens is 436 g/mol. The third-order valence-electron chi connectivity index (χ3n) is 7.69. The molecule has 2 aromatic carbocycles. The third kappa shape index (κ3) is 4.70. The van der Waals surface area contributed by atoms with E-state index in [1.165, 1.54) is 38.8 Å². The topological polar surface area (TPSA) is 71.0 Å². The smallest absolute Gasteiger partial charge is 0.122 e. The molecule has 35 heavy (non-hydrogen) atoms. The first kappa shape index (κ1) is 22.3. The normalized spacial score (nSPS) is 21.4. The van der Waals surface area contributed by atoms with E-state index in [1.807, 2.05) is 18.2 Å². The summed E-state index contributed by atoms with van der Waals surface area (Å²) in [6, 6.07) is 17.9. The molecule has 4 aromatic rings. The molecule has 0 spiro atoms. The van der Waals surface area contributed by atoms with Gasteiger partial charge in [0.1, 0.15) is 11.6 Å². The maximum Gasteiger partial charge on any atom is 0.122 e. The van der Waals surface area contributed by atoms with E-state index < -0.39 is 0 Å². The van der Waals surface area contributed by atoms with Crippen molar-refractivity contribution in [2.24, 2.45) is 0 Å². The van der Waals surface area contributed by atoms with Gasteiger partial charge in [-0.25, -0.2) is 4.98 Å². The van der Waals surface area contributed by atoms with Gasteiger partial charge in [0.15, 0.2) is 0 Å². The van der Waals surface area contributed by atoms with Gasteiger partial charge in [-0.05, 0) is 49.9 Å². The van der Waals surface area contributed by atoms with Crippen LogP contribution < -0.4 is 10.1 Å². The van der Waals surface area contributed by atoms with E-state index in [4.69, 9.17) is 14.8 Å². The average Bonchev–Trinajstić information content (AvgIpc) is 3.56. The Bertz CT molecular complexity index is 1280. The van der Waals surface area contributed by atoms with Crippen LogP contribution >= 0.6 is 0 Å². The highest BCUT2D eigenvalue weighted by Gasteiger charge is 2.27. The standard InChI is InChI=1S/C28H34N6O/c1-35-27-5-3-2-4-21(27)19-28-30-25-11-6-20(18-26(25)31-28)24-12-15-34(32-24)23-9-7-22(8-10-23)33-16-13-29-14-17-33/h2-6,11-12,15,18,22-23,29H,7-10,13-14,16-17,19H2,1H3,(H,30,31). The maximum atomic E-state index is 5.50. The van der Waals surface area contributed by atoms with E-state index in [9.17, 15) is 0 Å². The Labute approximate surface area is 206 Å². The Kier molecular flexibility index (Phi) is 6.27. The van der Waals surface area contributed by atoms with Crippen LogP contribution in [0.1, 0.15) is 43.1 Å². The van der Waals surface area contributed by atoms with Gasteiger partial charge in [-0.3, -0.25) is 9.58 Å². The molecule has 7 heteroatoms. The predicted molar refractivity (Wildman–Crippen MR) is 139 cm³/mol. The van der Waals surface area contributed by atoms with Gasteiger partial charge >= 0.3 is 0 Å². The lowest BCUT2D eigenvalue weighted by molar-refractivity contribution is 0.121. The van der Waals surface area contributed by atoms with Crippen molar-refractivity contribution in [1.82, 2.24) is 30.0 Å². The first-order valence-electron chi connectivity index (χ1n) is 12.9. The molecule has 6 rings (SSSR count). The van der Waals surface area contributed by atoms with E-state index in [0.29, 0.717) is 12.5 Å². The van der Waals surface area contributed by atoms with Crippen LogP contribution in [-0.4, -0.2) is 64.0 Å². The lowest BCUT2D eigenvalue weighted by Crippen LogP contribution is -2.49. The van der Waals surface area contributed by atoms with Gasteiger partial charge < -0.3 is 15.0 Å². The van der Waals surface area contributed by atoms with E-state index in [-0.39, 0.29) is 0 Å². The number of hydrogen-bond donors (Lipinski definition) is 2. The zero-order valence-corrected chi connectivity index (χ0v) is 20.4. The number of benzene rings is 2. The summed E-state index contributed by atoms with van der Waals surface area (Å²) in [7, 11) is 1.71. The molecule has 0 radical (unpaired) electrons. The van der Waals surface area contributed by atoms with Crippen molar-refractivity contribution in [3.8, 4) is 17.0 Å². The largest absolute Gasteiger partial charge is 0.496 e. The van der Waals surface area contributed by atoms with Crippen LogP contribution in [0.25, 0.3) is 22.3 Å². The van der Waals surface area contributed by atoms with Crippen molar-refractivity contribution in [3.63, 3.8) is 0 Å². The summed E-state index contributed by atoms with van der Waals surface area (Å²) in [5.41, 5.74) is 5.29. The lowest BCUT2D eigenvalue weighted by atomic mass is 9.90. The highest BCUT2D eigenvalue weighted by Crippen LogP contribution is 2.32. The summed E-state index contributed by atoms with van der Waals surface area (Å²) in [4.78, 5) is 11.0. The monoisotopic (exact) mass is 470 g/mol. The number of rotatable bonds is 6. The van der Waals surface area contributed by atoms with E-state index in [1.54, 1.807) is 7.11 Å². The van der Waals surface area contributed by atoms with Crippen molar-refractivity contribution in [3.05, 3.63) is 66.1 Å². The molecule has 1 aliphatic heterocycles. The highest BCUT2D eigenvalue weighted by atomic mass is 16.5. The molecule has 2 fully saturated rings. The number of hydrogen-bond acceptors (Lipinski definition) is 5. The maximum absolute atomic E-state index is 5.50. The number of H-pyrrole nitrogens is 1. The number of nitrogens with one attached hydrogen (secondary N) is 2. The van der Waals surface area contributed by atoms with E-state index in [0.717, 1.165) is 58.6 Å². The molecule has 1 saturated carbocycles. The van der Waals surface area contributed by atoms with Crippen LogP contribution in [0.4, 0.5) is 0 Å². The summed E-state index contributed by atoms with van der Waals surface area (Å²) >= 11 is 0. The summed E-state index contributed by atoms with van der Waals surface area (Å²) in [6.45, 7) is 4.64. The van der Waals surface area contributed by atoms with Crippen LogP contribution in [0.3, 0.4) is 0 Å². The molecule has 2 aromatic heterocycles. The number of para-hydroxylation sites is 1. The second-order valence-electron chi connectivity index (χ2n) is 9.83. The minimum atomic E-state index is 0.506. The summed E-state index contributed by atoms with van der Waals surface area (Å²) in [5, 5.41) is 8.46. The third-order valence-corrected chi connectivity index (χ3v) is 7.69. The Morgan fingerprint density at radius 1 is 0.971 bits per heavy atom. The fourth-order valence-electron chi connectivity index (χ4n) is 5.77. The first-order chi connectivity index (χ1) is 17.3. The number of ether oxygens (including phenoxy) is 1. The van der Waals surface area contributed by atoms with Crippen LogP contribution in [-0.2, 0) is 6.42 Å². The van der Waals surface area contributed by atoms with Gasteiger partial charge in [0.05, 0.1) is 29.9 Å². The van der Waals surface area contributed by atoms with Crippen molar-refractivity contribution in [1.29, 1.82) is 0 Å². The molecule has 2 N–H and O–H groups in total. The molecule has 1 aliphatic carbocycles. The fraction of sp³-hybridized carbons (Fsp3) is 0.429. The molecule has 7 nitrogen and oxygen atoms in total. The zero-order chi connectivity index (χ0) is 23.6. The van der Waals surface area contributed by atoms with Gasteiger partial charge in [-0.2, -0.15) is 5.10 Å². The van der Waals surface area contributed by atoms with Crippen LogP contribution in [0.5, 0.6) is 5.75 Å². The van der Waals surface area contributed by atoms with Crippen molar-refractivity contribution in [2.75, 3.05) is 33.3 Å². The molecule has 0 unspecified atom stereocenters. The molecule has 182 valence electrons. The van der Waals surface area contributed by atoms with Gasteiger partial charge in [0.25, 0.3) is 0 Å². The van der Waals surface area contributed by atoms with Gasteiger partial charge in [-0.1, -0.05) is 24.3 Å². The molecule has 0 bridgehead atoms. The Hall–Kier alpha value is -3.16. The average molecular weight is 471 g/mol. The Morgan fingerprint density at radius 2 is 1.77 bits per heavy atom. The number of fused-ring (bicyclic) bond motifs is 1. The van der Waals surface area contributed by atoms with Crippen molar-refractivity contribution in [2.45, 2.75) is 44.2 Å². The lowest BCUT2D eigenvalue weighted by Gasteiger charge is -2.39. The minimum absolute atomic E-state index is 0.506. The SMILES string of the molecule is COc1ccccc1Cc1nc2ccc(-c3ccn(C4CCC(N5CCNCC5)CC4)n3)cc2[nH]1. The number of imidazole rings is 1. The minimum Gasteiger partial charge on any atom is -0.496 e. The summed E-state index contributed by atoms with van der Waals surface area (Å²) < 4.78 is 7.70. The Balaban J connectivity index is 1.14. The number of piperazine rings is 1. The van der Waals surface area contributed by atoms with Crippen LogP contribution in [0.15, 0.2) is 54.7 Å².